The number of phenols is 2. The van der Waals surface area contributed by atoms with Crippen molar-refractivity contribution in [3.8, 4) is 23.0 Å². The van der Waals surface area contributed by atoms with Gasteiger partial charge in [0.05, 0.1) is 0 Å². The van der Waals surface area contributed by atoms with Gasteiger partial charge in [0, 0.05) is 11.5 Å². The largest absolute Gasteiger partial charge is 0.504 e. The van der Waals surface area contributed by atoms with Crippen molar-refractivity contribution in [2.45, 2.75) is 26.2 Å². The van der Waals surface area contributed by atoms with Gasteiger partial charge in [-0.15, -0.1) is 0 Å². The summed E-state index contributed by atoms with van der Waals surface area (Å²) in [5, 5.41) is 22.7. The van der Waals surface area contributed by atoms with Crippen molar-refractivity contribution in [1.29, 1.82) is 0 Å². The Balaban J connectivity index is 1.91. The van der Waals surface area contributed by atoms with Crippen molar-refractivity contribution < 1.29 is 14.7 Å². The molecule has 3 rings (SSSR count). The van der Waals surface area contributed by atoms with Crippen LogP contribution in [-0.4, -0.2) is 20.4 Å². The van der Waals surface area contributed by atoms with Crippen LogP contribution in [0.25, 0.3) is 11.5 Å². The van der Waals surface area contributed by atoms with Gasteiger partial charge < -0.3 is 14.7 Å². The SMILES string of the molecule is CC1(C)CC1c1noc(-c2ccc(O)c(O)c2)n1. The average molecular weight is 246 g/mol. The van der Waals surface area contributed by atoms with E-state index < -0.39 is 0 Å². The lowest BCUT2D eigenvalue weighted by atomic mass is 10.1. The van der Waals surface area contributed by atoms with Crippen molar-refractivity contribution in [2.24, 2.45) is 5.41 Å². The van der Waals surface area contributed by atoms with Crippen LogP contribution in [-0.2, 0) is 0 Å². The summed E-state index contributed by atoms with van der Waals surface area (Å²) in [6.45, 7) is 4.33. The molecule has 1 unspecified atom stereocenters. The van der Waals surface area contributed by atoms with E-state index in [0.717, 1.165) is 6.42 Å². The summed E-state index contributed by atoms with van der Waals surface area (Å²) in [6, 6.07) is 4.44. The Bertz CT molecular complexity index is 604. The van der Waals surface area contributed by atoms with Gasteiger partial charge in [0.2, 0.25) is 0 Å². The van der Waals surface area contributed by atoms with Crippen LogP contribution in [0.15, 0.2) is 22.7 Å². The average Bonchev–Trinajstić information content (AvgIpc) is 2.78. The highest BCUT2D eigenvalue weighted by atomic mass is 16.5. The van der Waals surface area contributed by atoms with Gasteiger partial charge in [-0.3, -0.25) is 0 Å². The van der Waals surface area contributed by atoms with E-state index in [1.165, 1.54) is 12.1 Å². The van der Waals surface area contributed by atoms with Gasteiger partial charge in [0.1, 0.15) is 0 Å². The van der Waals surface area contributed by atoms with E-state index in [-0.39, 0.29) is 16.9 Å². The lowest BCUT2D eigenvalue weighted by Crippen LogP contribution is -1.91. The molecule has 0 aliphatic heterocycles. The topological polar surface area (TPSA) is 79.4 Å². The van der Waals surface area contributed by atoms with E-state index >= 15 is 0 Å². The summed E-state index contributed by atoms with van der Waals surface area (Å²) >= 11 is 0. The van der Waals surface area contributed by atoms with Gasteiger partial charge in [0.25, 0.3) is 5.89 Å². The summed E-state index contributed by atoms with van der Waals surface area (Å²) in [5.41, 5.74) is 0.848. The second-order valence-electron chi connectivity index (χ2n) is 5.41. The standard InChI is InChI=1S/C13H14N2O3/c1-13(2)6-8(13)11-14-12(18-15-11)7-3-4-9(16)10(17)5-7/h3-5,8,16-17H,6H2,1-2H3. The van der Waals surface area contributed by atoms with Crippen LogP contribution in [0.2, 0.25) is 0 Å². The van der Waals surface area contributed by atoms with Crippen LogP contribution in [0.5, 0.6) is 11.5 Å². The first-order valence-electron chi connectivity index (χ1n) is 5.83. The van der Waals surface area contributed by atoms with Gasteiger partial charge >= 0.3 is 0 Å². The maximum absolute atomic E-state index is 9.43. The summed E-state index contributed by atoms with van der Waals surface area (Å²) in [4.78, 5) is 4.34. The quantitative estimate of drug-likeness (QED) is 0.796. The van der Waals surface area contributed by atoms with Gasteiger partial charge in [0.15, 0.2) is 17.3 Å². The smallest absolute Gasteiger partial charge is 0.258 e. The van der Waals surface area contributed by atoms with Crippen molar-refractivity contribution in [1.82, 2.24) is 10.1 Å². The number of rotatable bonds is 2. The molecule has 0 spiro atoms. The van der Waals surface area contributed by atoms with Crippen molar-refractivity contribution in [3.05, 3.63) is 24.0 Å². The van der Waals surface area contributed by atoms with Crippen molar-refractivity contribution in [3.63, 3.8) is 0 Å². The predicted molar refractivity (Wildman–Crippen MR) is 64.2 cm³/mol. The minimum absolute atomic E-state index is 0.165. The highest BCUT2D eigenvalue weighted by molar-refractivity contribution is 5.59. The van der Waals surface area contributed by atoms with Crippen LogP contribution < -0.4 is 0 Å². The summed E-state index contributed by atoms with van der Waals surface area (Å²) < 4.78 is 5.19. The number of phenolic OH excluding ortho intramolecular Hbond substituents is 2. The second kappa shape index (κ2) is 3.48. The molecule has 1 aliphatic rings. The molecule has 1 fully saturated rings. The summed E-state index contributed by atoms with van der Waals surface area (Å²) in [7, 11) is 0. The highest BCUT2D eigenvalue weighted by Gasteiger charge is 2.49. The monoisotopic (exact) mass is 246 g/mol. The molecule has 94 valence electrons. The van der Waals surface area contributed by atoms with E-state index in [2.05, 4.69) is 24.0 Å². The zero-order valence-corrected chi connectivity index (χ0v) is 10.2. The molecule has 1 heterocycles. The second-order valence-corrected chi connectivity index (χ2v) is 5.41. The molecule has 1 atom stereocenters. The fourth-order valence-corrected chi connectivity index (χ4v) is 2.06. The minimum atomic E-state index is -0.195. The Morgan fingerprint density at radius 3 is 2.61 bits per heavy atom. The molecule has 0 bridgehead atoms. The molecular formula is C13H14N2O3. The Morgan fingerprint density at radius 1 is 1.28 bits per heavy atom. The fraction of sp³-hybridized carbons (Fsp3) is 0.385. The van der Waals surface area contributed by atoms with E-state index in [1.807, 2.05) is 0 Å². The van der Waals surface area contributed by atoms with E-state index in [1.54, 1.807) is 6.07 Å². The van der Waals surface area contributed by atoms with Crippen molar-refractivity contribution >= 4 is 0 Å². The number of hydrogen-bond acceptors (Lipinski definition) is 5. The number of benzene rings is 1. The van der Waals surface area contributed by atoms with Gasteiger partial charge in [-0.05, 0) is 30.0 Å². The van der Waals surface area contributed by atoms with Crippen LogP contribution in [0.1, 0.15) is 32.0 Å². The first-order valence-corrected chi connectivity index (χ1v) is 5.83. The third-order valence-electron chi connectivity index (χ3n) is 3.49. The fourth-order valence-electron chi connectivity index (χ4n) is 2.06. The molecule has 0 radical (unpaired) electrons. The number of aromatic nitrogens is 2. The first-order chi connectivity index (χ1) is 8.47. The molecule has 5 heteroatoms. The zero-order chi connectivity index (χ0) is 12.9. The predicted octanol–water partition coefficient (Wildman–Crippen LogP) is 2.66. The van der Waals surface area contributed by atoms with Gasteiger partial charge in [-0.1, -0.05) is 19.0 Å². The molecule has 1 saturated carbocycles. The van der Waals surface area contributed by atoms with E-state index in [9.17, 15) is 10.2 Å². The molecule has 1 aromatic heterocycles. The lowest BCUT2D eigenvalue weighted by molar-refractivity contribution is 0.402. The van der Waals surface area contributed by atoms with Crippen LogP contribution in [0.3, 0.4) is 0 Å². The maximum atomic E-state index is 9.43. The highest BCUT2D eigenvalue weighted by Crippen LogP contribution is 2.57. The maximum Gasteiger partial charge on any atom is 0.258 e. The molecule has 5 nitrogen and oxygen atoms in total. The van der Waals surface area contributed by atoms with E-state index in [0.29, 0.717) is 23.2 Å². The van der Waals surface area contributed by atoms with Gasteiger partial charge in [-0.2, -0.15) is 4.98 Å². The molecule has 1 aliphatic carbocycles. The van der Waals surface area contributed by atoms with Crippen molar-refractivity contribution in [2.75, 3.05) is 0 Å². The molecule has 0 amide bonds. The normalized spacial score (nSPS) is 20.9. The van der Waals surface area contributed by atoms with Gasteiger partial charge in [-0.25, -0.2) is 0 Å². The van der Waals surface area contributed by atoms with E-state index in [4.69, 9.17) is 4.52 Å². The Morgan fingerprint density at radius 2 is 2.00 bits per heavy atom. The third kappa shape index (κ3) is 1.72. The lowest BCUT2D eigenvalue weighted by Gasteiger charge is -1.98. The first kappa shape index (κ1) is 11.1. The molecule has 2 aromatic rings. The van der Waals surface area contributed by atoms with Crippen LogP contribution in [0, 0.1) is 5.41 Å². The minimum Gasteiger partial charge on any atom is -0.504 e. The Hall–Kier alpha value is -2.04. The Labute approximate surface area is 104 Å². The summed E-state index contributed by atoms with van der Waals surface area (Å²) in [5.74, 6) is 1.06. The zero-order valence-electron chi connectivity index (χ0n) is 10.2. The number of nitrogens with zero attached hydrogens (tertiary/aromatic N) is 2. The third-order valence-corrected chi connectivity index (χ3v) is 3.49. The Kier molecular flexibility index (Phi) is 2.14. The number of aromatic hydroxyl groups is 2. The molecule has 18 heavy (non-hydrogen) atoms. The molecular weight excluding hydrogens is 232 g/mol. The molecule has 0 saturated heterocycles. The van der Waals surface area contributed by atoms with Crippen LogP contribution >= 0.6 is 0 Å². The molecule has 1 aromatic carbocycles. The number of hydrogen-bond donors (Lipinski definition) is 2. The molecule has 2 N–H and O–H groups in total. The van der Waals surface area contributed by atoms with Crippen LogP contribution in [0.4, 0.5) is 0 Å². The summed E-state index contributed by atoms with van der Waals surface area (Å²) in [6.07, 6.45) is 1.06.